The molecular formula is C24H23N7O2. The van der Waals surface area contributed by atoms with Crippen LogP contribution in [0, 0.1) is 13.8 Å². The molecule has 9 nitrogen and oxygen atoms in total. The molecule has 0 saturated heterocycles. The van der Waals surface area contributed by atoms with Crippen LogP contribution in [0.5, 0.6) is 0 Å². The Morgan fingerprint density at radius 1 is 0.818 bits per heavy atom. The number of anilines is 5. The topological polar surface area (TPSA) is 114 Å². The van der Waals surface area contributed by atoms with E-state index in [2.05, 4.69) is 31.0 Å². The van der Waals surface area contributed by atoms with Gasteiger partial charge in [-0.05, 0) is 56.3 Å². The summed E-state index contributed by atoms with van der Waals surface area (Å²) in [6, 6.07) is 19.8. The fourth-order valence-electron chi connectivity index (χ4n) is 3.06. The van der Waals surface area contributed by atoms with Crippen LogP contribution in [-0.4, -0.2) is 25.7 Å². The van der Waals surface area contributed by atoms with Gasteiger partial charge >= 0.3 is 0 Å². The lowest BCUT2D eigenvalue weighted by atomic mass is 10.2. The molecule has 0 unspecified atom stereocenters. The maximum absolute atomic E-state index is 12.4. The van der Waals surface area contributed by atoms with Crippen LogP contribution in [0.15, 0.2) is 71.5 Å². The lowest BCUT2D eigenvalue weighted by Crippen LogP contribution is -2.23. The number of nitrogens with zero attached hydrogens (tertiary/aromatic N) is 4. The average Bonchev–Trinajstić information content (AvgIpc) is 2.78. The maximum Gasteiger partial charge on any atom is 0.276 e. The molecule has 3 N–H and O–H groups in total. The first-order valence-corrected chi connectivity index (χ1v) is 10.3. The van der Waals surface area contributed by atoms with E-state index in [9.17, 15) is 9.59 Å². The molecule has 0 aliphatic heterocycles. The van der Waals surface area contributed by atoms with Crippen molar-refractivity contribution in [1.29, 1.82) is 0 Å². The van der Waals surface area contributed by atoms with Gasteiger partial charge in [-0.3, -0.25) is 9.59 Å². The Morgan fingerprint density at radius 3 is 2.15 bits per heavy atom. The summed E-state index contributed by atoms with van der Waals surface area (Å²) in [6.45, 7) is 3.94. The van der Waals surface area contributed by atoms with Gasteiger partial charge < -0.3 is 16.0 Å². The second kappa shape index (κ2) is 9.31. The van der Waals surface area contributed by atoms with Crippen molar-refractivity contribution in [2.45, 2.75) is 13.8 Å². The molecule has 0 fully saturated rings. The number of carbonyl (C=O) groups excluding carboxylic acids is 1. The Balaban J connectivity index is 1.43. The van der Waals surface area contributed by atoms with Gasteiger partial charge in [0, 0.05) is 41.9 Å². The minimum atomic E-state index is -0.403. The van der Waals surface area contributed by atoms with E-state index >= 15 is 0 Å². The van der Waals surface area contributed by atoms with Gasteiger partial charge in [-0.25, -0.2) is 9.67 Å². The minimum Gasteiger partial charge on any atom is -0.340 e. The summed E-state index contributed by atoms with van der Waals surface area (Å²) in [5.74, 6) is 0.735. The zero-order valence-corrected chi connectivity index (χ0v) is 18.5. The molecular weight excluding hydrogens is 418 g/mol. The third-order valence-corrected chi connectivity index (χ3v) is 4.77. The van der Waals surface area contributed by atoms with Gasteiger partial charge in [-0.15, -0.1) is 0 Å². The van der Waals surface area contributed by atoms with Crippen molar-refractivity contribution in [1.82, 2.24) is 19.7 Å². The largest absolute Gasteiger partial charge is 0.340 e. The van der Waals surface area contributed by atoms with E-state index in [1.807, 2.05) is 56.3 Å². The van der Waals surface area contributed by atoms with Crippen molar-refractivity contribution < 1.29 is 4.79 Å². The maximum atomic E-state index is 12.4. The van der Waals surface area contributed by atoms with Crippen molar-refractivity contribution in [3.8, 4) is 0 Å². The zero-order chi connectivity index (χ0) is 23.4. The first-order valence-electron chi connectivity index (χ1n) is 10.3. The Labute approximate surface area is 190 Å². The van der Waals surface area contributed by atoms with Gasteiger partial charge in [-0.1, -0.05) is 17.7 Å². The first kappa shape index (κ1) is 21.7. The Morgan fingerprint density at radius 2 is 1.45 bits per heavy atom. The Hall–Kier alpha value is -4.53. The van der Waals surface area contributed by atoms with Crippen LogP contribution in [-0.2, 0) is 7.05 Å². The predicted octanol–water partition coefficient (Wildman–Crippen LogP) is 3.93. The number of hydrogen-bond acceptors (Lipinski definition) is 7. The number of rotatable bonds is 6. The number of aryl methyl sites for hydroxylation is 3. The first-order chi connectivity index (χ1) is 15.9. The smallest absolute Gasteiger partial charge is 0.276 e. The van der Waals surface area contributed by atoms with Gasteiger partial charge in [0.25, 0.3) is 11.5 Å². The molecule has 4 rings (SSSR count). The second-order valence-corrected chi connectivity index (χ2v) is 7.55. The molecule has 0 spiro atoms. The molecule has 2 aromatic carbocycles. The van der Waals surface area contributed by atoms with E-state index in [4.69, 9.17) is 0 Å². The van der Waals surface area contributed by atoms with Gasteiger partial charge in [-0.2, -0.15) is 10.1 Å². The summed E-state index contributed by atoms with van der Waals surface area (Å²) < 4.78 is 1.12. The van der Waals surface area contributed by atoms with Gasteiger partial charge in [0.15, 0.2) is 0 Å². The van der Waals surface area contributed by atoms with E-state index in [1.165, 1.54) is 24.7 Å². The van der Waals surface area contributed by atoms with Gasteiger partial charge in [0.05, 0.1) is 0 Å². The van der Waals surface area contributed by atoms with Crippen LogP contribution in [0.25, 0.3) is 0 Å². The van der Waals surface area contributed by atoms with Crippen molar-refractivity contribution in [3.05, 3.63) is 94.0 Å². The molecule has 0 aliphatic rings. The third kappa shape index (κ3) is 5.59. The standard InChI is InChI=1S/C24H23N7O2/c1-15-4-6-17(7-5-15)26-21-14-16(2)25-24(29-21)28-19-10-8-18(9-11-19)27-23(33)20-12-13-22(32)31(3)30-20/h4-14H,1-3H3,(H,27,33)(H2,25,26,28,29). The van der Waals surface area contributed by atoms with E-state index in [1.54, 1.807) is 12.1 Å². The third-order valence-electron chi connectivity index (χ3n) is 4.77. The average molecular weight is 441 g/mol. The minimum absolute atomic E-state index is 0.154. The summed E-state index contributed by atoms with van der Waals surface area (Å²) >= 11 is 0. The van der Waals surface area contributed by atoms with Crippen molar-refractivity contribution >= 4 is 34.7 Å². The number of amides is 1. The highest BCUT2D eigenvalue weighted by atomic mass is 16.2. The molecule has 166 valence electrons. The molecule has 0 aliphatic carbocycles. The fraction of sp³-hybridized carbons (Fsp3) is 0.125. The molecule has 4 aromatic rings. The summed E-state index contributed by atoms with van der Waals surface area (Å²) in [4.78, 5) is 32.8. The molecule has 0 radical (unpaired) electrons. The highest BCUT2D eigenvalue weighted by Gasteiger charge is 2.09. The molecule has 9 heteroatoms. The van der Waals surface area contributed by atoms with Gasteiger partial charge in [0.2, 0.25) is 5.95 Å². The number of aromatic nitrogens is 4. The molecule has 0 saturated carbocycles. The Kier molecular flexibility index (Phi) is 6.12. The van der Waals surface area contributed by atoms with Crippen LogP contribution in [0.4, 0.5) is 28.8 Å². The van der Waals surface area contributed by atoms with Crippen molar-refractivity contribution in [3.63, 3.8) is 0 Å². The molecule has 2 heterocycles. The van der Waals surface area contributed by atoms with Crippen LogP contribution in [0.3, 0.4) is 0 Å². The van der Waals surface area contributed by atoms with Crippen molar-refractivity contribution in [2.75, 3.05) is 16.0 Å². The van der Waals surface area contributed by atoms with E-state index in [-0.39, 0.29) is 11.3 Å². The molecule has 2 aromatic heterocycles. The highest BCUT2D eigenvalue weighted by molar-refractivity contribution is 6.02. The fourth-order valence-corrected chi connectivity index (χ4v) is 3.06. The number of benzene rings is 2. The number of nitrogens with one attached hydrogen (secondary N) is 3. The zero-order valence-electron chi connectivity index (χ0n) is 18.5. The lowest BCUT2D eigenvalue weighted by molar-refractivity contribution is 0.102. The molecule has 0 bridgehead atoms. The van der Waals surface area contributed by atoms with E-state index < -0.39 is 5.91 Å². The predicted molar refractivity (Wildman–Crippen MR) is 128 cm³/mol. The van der Waals surface area contributed by atoms with Gasteiger partial charge in [0.1, 0.15) is 11.5 Å². The SMILES string of the molecule is Cc1ccc(Nc2cc(C)nc(Nc3ccc(NC(=O)c4ccc(=O)n(C)n4)cc3)n2)cc1. The summed E-state index contributed by atoms with van der Waals surface area (Å²) in [7, 11) is 1.49. The van der Waals surface area contributed by atoms with Crippen LogP contribution >= 0.6 is 0 Å². The number of carbonyl (C=O) groups is 1. The van der Waals surface area contributed by atoms with Crippen LogP contribution in [0.1, 0.15) is 21.7 Å². The summed E-state index contributed by atoms with van der Waals surface area (Å²) in [6.07, 6.45) is 0. The van der Waals surface area contributed by atoms with Crippen LogP contribution in [0.2, 0.25) is 0 Å². The molecule has 0 atom stereocenters. The van der Waals surface area contributed by atoms with Crippen molar-refractivity contribution in [2.24, 2.45) is 7.05 Å². The Bertz CT molecular complexity index is 1350. The lowest BCUT2D eigenvalue weighted by Gasteiger charge is -2.11. The quantitative estimate of drug-likeness (QED) is 0.415. The van der Waals surface area contributed by atoms with E-state index in [0.29, 0.717) is 17.5 Å². The summed E-state index contributed by atoms with van der Waals surface area (Å²) in [5, 5.41) is 13.2. The summed E-state index contributed by atoms with van der Waals surface area (Å²) in [5.41, 5.74) is 4.17. The monoisotopic (exact) mass is 441 g/mol. The number of hydrogen-bond donors (Lipinski definition) is 3. The van der Waals surface area contributed by atoms with E-state index in [0.717, 1.165) is 21.8 Å². The normalized spacial score (nSPS) is 10.5. The molecule has 1 amide bonds. The molecule has 33 heavy (non-hydrogen) atoms. The second-order valence-electron chi connectivity index (χ2n) is 7.55. The van der Waals surface area contributed by atoms with Crippen LogP contribution < -0.4 is 21.5 Å². The highest BCUT2D eigenvalue weighted by Crippen LogP contribution is 2.21.